The number of aliphatic hydroxyl groups is 3. The second-order valence-electron chi connectivity index (χ2n) is 10.6. The molecule has 0 spiro atoms. The fourth-order valence-electron chi connectivity index (χ4n) is 6.61. The van der Waals surface area contributed by atoms with Crippen LogP contribution in [0.15, 0.2) is 35.5 Å². The Morgan fingerprint density at radius 1 is 1.30 bits per heavy atom. The van der Waals surface area contributed by atoms with E-state index >= 15 is 0 Å². The molecular weight excluding hydrogens is 372 g/mol. The Balaban J connectivity index is 1.66. The summed E-state index contributed by atoms with van der Waals surface area (Å²) >= 11 is 0. The van der Waals surface area contributed by atoms with Gasteiger partial charge in [0.05, 0.1) is 18.3 Å². The Kier molecular flexibility index (Phi) is 6.40. The van der Waals surface area contributed by atoms with Crippen molar-refractivity contribution in [3.8, 4) is 0 Å². The maximum Gasteiger partial charge on any atom is 0.0849 e. The maximum atomic E-state index is 10.4. The lowest BCUT2D eigenvalue weighted by molar-refractivity contribution is -0.00891. The van der Waals surface area contributed by atoms with Crippen molar-refractivity contribution in [3.05, 3.63) is 35.5 Å². The number of rotatable bonds is 7. The smallest absolute Gasteiger partial charge is 0.0849 e. The van der Waals surface area contributed by atoms with Gasteiger partial charge in [-0.25, -0.2) is 0 Å². The average molecular weight is 420 g/mol. The van der Waals surface area contributed by atoms with E-state index in [1.807, 2.05) is 0 Å². The molecule has 0 heterocycles. The van der Waals surface area contributed by atoms with Crippen LogP contribution in [0.25, 0.3) is 0 Å². The van der Waals surface area contributed by atoms with E-state index in [4.69, 9.17) is 4.11 Å². The molecule has 3 aliphatic rings. The predicted molar refractivity (Wildman–Crippen MR) is 124 cm³/mol. The average Bonchev–Trinajstić information content (AvgIpc) is 3.11. The highest BCUT2D eigenvalue weighted by Gasteiger charge is 2.50. The van der Waals surface area contributed by atoms with Crippen LogP contribution in [0.3, 0.4) is 0 Å². The summed E-state index contributed by atoms with van der Waals surface area (Å²) in [5.74, 6) is 1.61. The molecule has 3 heteroatoms. The SMILES string of the molecule is [2H]C([2H])([2H])C(O)(CO)CCC[C@@H](C)[C@H]1CC[C@H]2/C(=C/C=C3/C[C@@H](O)CCC3=C)CCC[C@]12C. The number of allylic oxidation sites excluding steroid dienone is 4. The molecule has 3 N–H and O–H groups in total. The van der Waals surface area contributed by atoms with Crippen LogP contribution in [0.2, 0.25) is 0 Å². The van der Waals surface area contributed by atoms with Gasteiger partial charge in [-0.15, -0.1) is 0 Å². The number of aliphatic hydroxyl groups excluding tert-OH is 2. The standard InChI is InChI=1S/C27H44O3/c1-19-9-12-23(29)17-22(19)11-10-21-8-6-16-27(4)24(13-14-25(21)27)20(2)7-5-15-26(3,30)18-28/h10-11,20,23-25,28-30H,1,5-9,12-18H2,2-4H3/b21-10+,22-11-/t20-,23+,24-,25+,26?,27-/m1/s1/i3D3. The van der Waals surface area contributed by atoms with Crippen LogP contribution in [-0.4, -0.2) is 33.6 Å². The molecule has 0 radical (unpaired) electrons. The van der Waals surface area contributed by atoms with E-state index in [1.54, 1.807) is 0 Å². The Morgan fingerprint density at radius 3 is 2.83 bits per heavy atom. The van der Waals surface area contributed by atoms with Crippen LogP contribution in [0.4, 0.5) is 0 Å². The summed E-state index contributed by atoms with van der Waals surface area (Å²) in [4.78, 5) is 0. The zero-order valence-electron chi connectivity index (χ0n) is 22.0. The normalized spacial score (nSPS) is 39.8. The Bertz CT molecular complexity index is 771. The summed E-state index contributed by atoms with van der Waals surface area (Å²) in [6.07, 6.45) is 14.2. The zero-order valence-corrected chi connectivity index (χ0v) is 19.0. The fourth-order valence-corrected chi connectivity index (χ4v) is 6.61. The van der Waals surface area contributed by atoms with Gasteiger partial charge in [-0.2, -0.15) is 0 Å². The highest BCUT2D eigenvalue weighted by atomic mass is 16.3. The maximum absolute atomic E-state index is 10.4. The largest absolute Gasteiger partial charge is 0.393 e. The van der Waals surface area contributed by atoms with Crippen LogP contribution in [0, 0.1) is 23.2 Å². The minimum atomic E-state index is -2.56. The van der Waals surface area contributed by atoms with E-state index in [0.29, 0.717) is 30.6 Å². The molecule has 3 nitrogen and oxygen atoms in total. The molecule has 0 saturated heterocycles. The molecule has 170 valence electrons. The molecule has 3 saturated carbocycles. The molecule has 0 aliphatic heterocycles. The fraction of sp³-hybridized carbons (Fsp3) is 0.778. The van der Waals surface area contributed by atoms with Gasteiger partial charge in [0, 0.05) is 4.11 Å². The molecule has 30 heavy (non-hydrogen) atoms. The molecule has 6 atom stereocenters. The van der Waals surface area contributed by atoms with Gasteiger partial charge in [-0.05, 0) is 93.4 Å². The first-order chi connectivity index (χ1) is 15.4. The first kappa shape index (κ1) is 19.8. The lowest BCUT2D eigenvalue weighted by Crippen LogP contribution is -2.36. The van der Waals surface area contributed by atoms with Gasteiger partial charge < -0.3 is 15.3 Å². The van der Waals surface area contributed by atoms with Crippen LogP contribution in [-0.2, 0) is 0 Å². The minimum absolute atomic E-state index is 0.103. The highest BCUT2D eigenvalue weighted by molar-refractivity contribution is 5.36. The Labute approximate surface area is 188 Å². The van der Waals surface area contributed by atoms with E-state index in [-0.39, 0.29) is 17.9 Å². The third-order valence-electron chi connectivity index (χ3n) is 8.42. The van der Waals surface area contributed by atoms with Gasteiger partial charge >= 0.3 is 0 Å². The van der Waals surface area contributed by atoms with Crippen molar-refractivity contribution >= 4 is 0 Å². The number of fused-ring (bicyclic) bond motifs is 1. The molecule has 1 unspecified atom stereocenters. The van der Waals surface area contributed by atoms with Gasteiger partial charge in [0.15, 0.2) is 0 Å². The molecule has 0 aromatic rings. The summed E-state index contributed by atoms with van der Waals surface area (Å²) < 4.78 is 22.6. The molecule has 3 rings (SSSR count). The monoisotopic (exact) mass is 419 g/mol. The summed E-state index contributed by atoms with van der Waals surface area (Å²) in [5.41, 5.74) is 2.15. The predicted octanol–water partition coefficient (Wildman–Crippen LogP) is 5.71. The van der Waals surface area contributed by atoms with E-state index in [1.165, 1.54) is 36.8 Å². The third kappa shape index (κ3) is 5.29. The second-order valence-corrected chi connectivity index (χ2v) is 10.6. The van der Waals surface area contributed by atoms with Crippen molar-refractivity contribution in [1.29, 1.82) is 0 Å². The van der Waals surface area contributed by atoms with Crippen molar-refractivity contribution in [2.75, 3.05) is 6.61 Å². The van der Waals surface area contributed by atoms with Crippen molar-refractivity contribution in [2.45, 2.75) is 103 Å². The molecule has 0 bridgehead atoms. The minimum Gasteiger partial charge on any atom is -0.393 e. The zero-order chi connectivity index (χ0) is 24.4. The molecule has 0 aromatic carbocycles. The molecule has 0 amide bonds. The molecule has 0 aromatic heterocycles. The van der Waals surface area contributed by atoms with E-state index in [0.717, 1.165) is 31.3 Å². The van der Waals surface area contributed by atoms with Gasteiger partial charge in [-0.1, -0.05) is 56.6 Å². The highest BCUT2D eigenvalue weighted by Crippen LogP contribution is 2.60. The van der Waals surface area contributed by atoms with Crippen molar-refractivity contribution in [3.63, 3.8) is 0 Å². The topological polar surface area (TPSA) is 60.7 Å². The van der Waals surface area contributed by atoms with Crippen LogP contribution in [0.5, 0.6) is 0 Å². The summed E-state index contributed by atoms with van der Waals surface area (Å²) in [7, 11) is 0. The van der Waals surface area contributed by atoms with E-state index < -0.39 is 19.1 Å². The van der Waals surface area contributed by atoms with E-state index in [9.17, 15) is 15.3 Å². The second kappa shape index (κ2) is 9.71. The quantitative estimate of drug-likeness (QED) is 0.495. The van der Waals surface area contributed by atoms with Crippen LogP contribution < -0.4 is 0 Å². The van der Waals surface area contributed by atoms with Crippen molar-refractivity contribution in [1.82, 2.24) is 0 Å². The third-order valence-corrected chi connectivity index (χ3v) is 8.42. The van der Waals surface area contributed by atoms with Gasteiger partial charge in [0.25, 0.3) is 0 Å². The summed E-state index contributed by atoms with van der Waals surface area (Å²) in [5, 5.41) is 29.9. The lowest BCUT2D eigenvalue weighted by atomic mass is 9.60. The van der Waals surface area contributed by atoms with Crippen molar-refractivity contribution < 1.29 is 19.4 Å². The molecule has 3 aliphatic carbocycles. The molecule has 3 fully saturated rings. The number of hydrogen-bond acceptors (Lipinski definition) is 3. The Morgan fingerprint density at radius 2 is 2.10 bits per heavy atom. The first-order valence-electron chi connectivity index (χ1n) is 13.5. The molecular formula is C27H44O3. The Hall–Kier alpha value is -0.900. The van der Waals surface area contributed by atoms with E-state index in [2.05, 4.69) is 32.6 Å². The summed E-state index contributed by atoms with van der Waals surface area (Å²) in [6.45, 7) is 5.63. The summed E-state index contributed by atoms with van der Waals surface area (Å²) in [6, 6.07) is 0. The van der Waals surface area contributed by atoms with Crippen molar-refractivity contribution in [2.24, 2.45) is 23.2 Å². The van der Waals surface area contributed by atoms with Crippen LogP contribution in [0.1, 0.15) is 95.4 Å². The van der Waals surface area contributed by atoms with Gasteiger partial charge in [0.1, 0.15) is 0 Å². The number of hydrogen-bond donors (Lipinski definition) is 3. The first-order valence-corrected chi connectivity index (χ1v) is 12.0. The van der Waals surface area contributed by atoms with Gasteiger partial charge in [-0.3, -0.25) is 0 Å². The lowest BCUT2D eigenvalue weighted by Gasteiger charge is -2.44. The van der Waals surface area contributed by atoms with Gasteiger partial charge in [0.2, 0.25) is 0 Å². The van der Waals surface area contributed by atoms with Crippen LogP contribution >= 0.6 is 0 Å².